The third kappa shape index (κ3) is 6.25. The minimum atomic E-state index is -0.393. The molecule has 196 valence electrons. The zero-order chi connectivity index (χ0) is 26.5. The highest BCUT2D eigenvalue weighted by Gasteiger charge is 2.20. The smallest absolute Gasteiger partial charge is 0.291 e. The van der Waals surface area contributed by atoms with Gasteiger partial charge in [0.05, 0.1) is 12.9 Å². The van der Waals surface area contributed by atoms with E-state index in [4.69, 9.17) is 14.1 Å². The summed E-state index contributed by atoms with van der Waals surface area (Å²) < 4.78 is 24.1. The van der Waals surface area contributed by atoms with Crippen LogP contribution in [0.4, 0.5) is 21.6 Å². The molecule has 1 saturated heterocycles. The average molecular weight is 534 g/mol. The van der Waals surface area contributed by atoms with Crippen molar-refractivity contribution in [3.8, 4) is 5.75 Å². The molecule has 4 aromatic rings. The third-order valence-corrected chi connectivity index (χ3v) is 7.06. The summed E-state index contributed by atoms with van der Waals surface area (Å²) in [6, 6.07) is 19.1. The highest BCUT2D eigenvalue weighted by Crippen LogP contribution is 2.26. The Labute approximate surface area is 224 Å². The molecule has 0 bridgehead atoms. The fourth-order valence-electron chi connectivity index (χ4n) is 4.18. The van der Waals surface area contributed by atoms with Crippen molar-refractivity contribution in [2.24, 2.45) is 0 Å². The van der Waals surface area contributed by atoms with E-state index in [1.807, 2.05) is 25.1 Å². The molecule has 0 radical (unpaired) electrons. The van der Waals surface area contributed by atoms with Crippen LogP contribution >= 0.6 is 11.8 Å². The van der Waals surface area contributed by atoms with Crippen molar-refractivity contribution in [2.75, 3.05) is 48.4 Å². The number of anilines is 3. The van der Waals surface area contributed by atoms with Crippen molar-refractivity contribution in [2.45, 2.75) is 17.8 Å². The molecule has 2 aromatic heterocycles. The van der Waals surface area contributed by atoms with Crippen LogP contribution in [0, 0.1) is 12.7 Å². The molecule has 5 rings (SSSR count). The molecule has 1 amide bonds. The summed E-state index contributed by atoms with van der Waals surface area (Å²) in [5.41, 5.74) is 2.58. The molecule has 38 heavy (non-hydrogen) atoms. The molecule has 3 heterocycles. The number of carbonyl (C=O) groups is 1. The summed E-state index contributed by atoms with van der Waals surface area (Å²) in [6.07, 6.45) is 0. The Morgan fingerprint density at radius 3 is 2.42 bits per heavy atom. The van der Waals surface area contributed by atoms with Crippen LogP contribution in [0.5, 0.6) is 5.75 Å². The first-order valence-electron chi connectivity index (χ1n) is 12.2. The molecule has 0 saturated carbocycles. The molecule has 1 N–H and O–H groups in total. The molecule has 1 fully saturated rings. The van der Waals surface area contributed by atoms with Gasteiger partial charge in [0.2, 0.25) is 0 Å². The number of furan rings is 1. The highest BCUT2D eigenvalue weighted by molar-refractivity contribution is 7.98. The molecular weight excluding hydrogens is 505 g/mol. The zero-order valence-corrected chi connectivity index (χ0v) is 22.0. The number of aromatic nitrogens is 2. The predicted octanol–water partition coefficient (Wildman–Crippen LogP) is 5.40. The fraction of sp³-hybridized carbons (Fsp3) is 0.250. The monoisotopic (exact) mass is 533 g/mol. The molecule has 8 nitrogen and oxygen atoms in total. The van der Waals surface area contributed by atoms with Crippen molar-refractivity contribution in [1.82, 2.24) is 9.97 Å². The van der Waals surface area contributed by atoms with E-state index in [-0.39, 0.29) is 11.6 Å². The van der Waals surface area contributed by atoms with Gasteiger partial charge < -0.3 is 24.3 Å². The lowest BCUT2D eigenvalue weighted by atomic mass is 10.2. The number of amides is 1. The van der Waals surface area contributed by atoms with Crippen LogP contribution in [0.15, 0.2) is 76.3 Å². The molecule has 1 aliphatic heterocycles. The summed E-state index contributed by atoms with van der Waals surface area (Å²) in [4.78, 5) is 26.5. The number of nitrogens with one attached hydrogen (secondary N) is 1. The Morgan fingerprint density at radius 1 is 1.00 bits per heavy atom. The van der Waals surface area contributed by atoms with E-state index in [0.29, 0.717) is 22.4 Å². The SMILES string of the molecule is COc1ccc(N2CCN(c3cc(C)nc(SCc4ccc(C(=O)Nc5ccc(F)cc5)o4)n3)CC2)cc1. The summed E-state index contributed by atoms with van der Waals surface area (Å²) in [5.74, 6) is 2.32. The lowest BCUT2D eigenvalue weighted by Gasteiger charge is -2.36. The number of carbonyl (C=O) groups excluding carboxylic acids is 1. The van der Waals surface area contributed by atoms with Crippen molar-refractivity contribution in [3.05, 3.63) is 89.8 Å². The molecule has 0 spiro atoms. The van der Waals surface area contributed by atoms with Crippen LogP contribution in [0.3, 0.4) is 0 Å². The Bertz CT molecular complexity index is 1390. The number of benzene rings is 2. The van der Waals surface area contributed by atoms with Gasteiger partial charge >= 0.3 is 0 Å². The fourth-order valence-corrected chi connectivity index (χ4v) is 4.97. The Morgan fingerprint density at radius 2 is 1.71 bits per heavy atom. The van der Waals surface area contributed by atoms with E-state index in [2.05, 4.69) is 32.2 Å². The van der Waals surface area contributed by atoms with E-state index >= 15 is 0 Å². The molecule has 0 atom stereocenters. The van der Waals surface area contributed by atoms with Crippen molar-refractivity contribution in [3.63, 3.8) is 0 Å². The molecular formula is C28H28FN5O3S. The van der Waals surface area contributed by atoms with Gasteiger partial charge in [-0.25, -0.2) is 14.4 Å². The number of halogens is 1. The standard InChI is InChI=1S/C28H28FN5O3S/c1-19-17-26(34-15-13-33(14-16-34)22-7-9-23(36-2)10-8-22)32-28(30-19)38-18-24-11-12-25(37-24)27(35)31-21-5-3-20(29)4-6-21/h3-12,17H,13-16,18H2,1-2H3,(H,31,35). The van der Waals surface area contributed by atoms with E-state index in [9.17, 15) is 9.18 Å². The number of thioether (sulfide) groups is 1. The van der Waals surface area contributed by atoms with Crippen LogP contribution in [-0.2, 0) is 5.75 Å². The van der Waals surface area contributed by atoms with Crippen molar-refractivity contribution in [1.29, 1.82) is 0 Å². The Kier molecular flexibility index (Phi) is 7.78. The number of aryl methyl sites for hydroxylation is 1. The molecule has 0 unspecified atom stereocenters. The van der Waals surface area contributed by atoms with Gasteiger partial charge in [0, 0.05) is 49.3 Å². The predicted molar refractivity (Wildman–Crippen MR) is 147 cm³/mol. The number of methoxy groups -OCH3 is 1. The Hall–Kier alpha value is -4.05. The van der Waals surface area contributed by atoms with Gasteiger partial charge in [0.1, 0.15) is 23.1 Å². The van der Waals surface area contributed by atoms with E-state index in [1.165, 1.54) is 41.7 Å². The highest BCUT2D eigenvalue weighted by atomic mass is 32.2. The second-order valence-electron chi connectivity index (χ2n) is 8.84. The average Bonchev–Trinajstić information content (AvgIpc) is 3.42. The van der Waals surface area contributed by atoms with Crippen molar-refractivity contribution < 1.29 is 18.3 Å². The first-order valence-corrected chi connectivity index (χ1v) is 13.2. The first kappa shape index (κ1) is 25.6. The maximum absolute atomic E-state index is 13.1. The topological polar surface area (TPSA) is 83.7 Å². The number of nitrogens with zero attached hydrogens (tertiary/aromatic N) is 4. The summed E-state index contributed by atoms with van der Waals surface area (Å²) >= 11 is 1.46. The van der Waals surface area contributed by atoms with Gasteiger partial charge in [0.15, 0.2) is 10.9 Å². The van der Waals surface area contributed by atoms with Gasteiger partial charge in [-0.1, -0.05) is 11.8 Å². The van der Waals surface area contributed by atoms with Crippen LogP contribution in [0.2, 0.25) is 0 Å². The second-order valence-corrected chi connectivity index (χ2v) is 9.78. The summed E-state index contributed by atoms with van der Waals surface area (Å²) in [5, 5.41) is 3.36. The second kappa shape index (κ2) is 11.6. The minimum Gasteiger partial charge on any atom is -0.497 e. The quantitative estimate of drug-likeness (QED) is 0.238. The van der Waals surface area contributed by atoms with Crippen LogP contribution in [-0.4, -0.2) is 49.2 Å². The lowest BCUT2D eigenvalue weighted by Crippen LogP contribution is -2.46. The summed E-state index contributed by atoms with van der Waals surface area (Å²) in [7, 11) is 1.67. The normalized spacial score (nSPS) is 13.4. The lowest BCUT2D eigenvalue weighted by molar-refractivity contribution is 0.0995. The molecule has 0 aliphatic carbocycles. The first-order chi connectivity index (χ1) is 18.5. The van der Waals surface area contributed by atoms with Gasteiger partial charge in [-0.15, -0.1) is 0 Å². The molecule has 1 aliphatic rings. The van der Waals surface area contributed by atoms with E-state index < -0.39 is 5.91 Å². The van der Waals surface area contributed by atoms with Crippen LogP contribution in [0.25, 0.3) is 0 Å². The van der Waals surface area contributed by atoms with Crippen LogP contribution < -0.4 is 19.9 Å². The van der Waals surface area contributed by atoms with Gasteiger partial charge in [-0.05, 0) is 67.6 Å². The number of ether oxygens (including phenoxy) is 1. The molecule has 10 heteroatoms. The largest absolute Gasteiger partial charge is 0.497 e. The minimum absolute atomic E-state index is 0.186. The van der Waals surface area contributed by atoms with E-state index in [1.54, 1.807) is 19.2 Å². The van der Waals surface area contributed by atoms with Crippen LogP contribution in [0.1, 0.15) is 22.0 Å². The number of hydrogen-bond donors (Lipinski definition) is 1. The van der Waals surface area contributed by atoms with Gasteiger partial charge in [0.25, 0.3) is 5.91 Å². The van der Waals surface area contributed by atoms with Gasteiger partial charge in [-0.3, -0.25) is 4.79 Å². The number of piperazine rings is 1. The van der Waals surface area contributed by atoms with Gasteiger partial charge in [-0.2, -0.15) is 0 Å². The maximum Gasteiger partial charge on any atom is 0.291 e. The van der Waals surface area contributed by atoms with E-state index in [0.717, 1.165) is 43.4 Å². The zero-order valence-electron chi connectivity index (χ0n) is 21.2. The number of rotatable bonds is 8. The van der Waals surface area contributed by atoms with Crippen molar-refractivity contribution >= 4 is 34.9 Å². The number of hydrogen-bond acceptors (Lipinski definition) is 8. The summed E-state index contributed by atoms with van der Waals surface area (Å²) in [6.45, 7) is 5.47. The third-order valence-electron chi connectivity index (χ3n) is 6.19. The molecule has 2 aromatic carbocycles. The Balaban J connectivity index is 1.17. The maximum atomic E-state index is 13.1.